The fourth-order valence-corrected chi connectivity index (χ4v) is 3.61. The molecule has 1 amide bonds. The van der Waals surface area contributed by atoms with Crippen LogP contribution in [-0.4, -0.2) is 24.3 Å². The number of carbonyl (C=O) groups excluding carboxylic acids is 1. The van der Waals surface area contributed by atoms with Crippen LogP contribution in [-0.2, 0) is 10.0 Å². The minimum Gasteiger partial charge on any atom is -0.318 e. The van der Waals surface area contributed by atoms with E-state index in [4.69, 9.17) is 23.2 Å². The number of aromatic amines is 1. The summed E-state index contributed by atoms with van der Waals surface area (Å²) in [7, 11) is -4.14. The fourth-order valence-electron chi connectivity index (χ4n) is 2.10. The predicted octanol–water partition coefficient (Wildman–Crippen LogP) is 2.35. The van der Waals surface area contributed by atoms with Crippen molar-refractivity contribution in [3.05, 3.63) is 68.6 Å². The Bertz CT molecular complexity index is 1140. The van der Waals surface area contributed by atoms with Crippen LogP contribution in [0.5, 0.6) is 0 Å². The van der Waals surface area contributed by atoms with Crippen molar-refractivity contribution in [1.82, 2.24) is 14.7 Å². The van der Waals surface area contributed by atoms with E-state index in [2.05, 4.69) is 9.97 Å². The van der Waals surface area contributed by atoms with E-state index >= 15 is 0 Å². The van der Waals surface area contributed by atoms with Crippen LogP contribution < -0.4 is 10.3 Å². The molecule has 0 bridgehead atoms. The minimum atomic E-state index is -4.14. The molecule has 2 N–H and O–H groups in total. The van der Waals surface area contributed by atoms with Crippen molar-refractivity contribution in [2.24, 2.45) is 0 Å². The summed E-state index contributed by atoms with van der Waals surface area (Å²) in [6.07, 6.45) is 0. The third-order valence-electron chi connectivity index (χ3n) is 3.21. The first-order valence-electron chi connectivity index (χ1n) is 6.79. The molecule has 10 heteroatoms. The highest BCUT2D eigenvalue weighted by molar-refractivity contribution is 7.90. The summed E-state index contributed by atoms with van der Waals surface area (Å²) in [4.78, 5) is 30.5. The summed E-state index contributed by atoms with van der Waals surface area (Å²) in [5.74, 6) is -1.17. The molecule has 0 atom stereocenters. The molecule has 128 valence electrons. The number of halogens is 2. The highest BCUT2D eigenvalue weighted by atomic mass is 35.5. The van der Waals surface area contributed by atoms with Gasteiger partial charge in [-0.05, 0) is 24.3 Å². The second kappa shape index (κ2) is 6.47. The van der Waals surface area contributed by atoms with Crippen LogP contribution in [0.2, 0.25) is 10.0 Å². The topological polar surface area (TPSA) is 109 Å². The van der Waals surface area contributed by atoms with Crippen molar-refractivity contribution in [1.29, 1.82) is 0 Å². The van der Waals surface area contributed by atoms with Crippen LogP contribution in [0.15, 0.2) is 52.2 Å². The van der Waals surface area contributed by atoms with E-state index in [1.165, 1.54) is 36.4 Å². The molecule has 0 aliphatic carbocycles. The lowest BCUT2D eigenvalue weighted by atomic mass is 10.3. The SMILES string of the molecule is O=C(NS(=O)(=O)c1ccccc1)c1nc2c(Cl)cc(Cl)cc2[nH]c1=O. The average molecular weight is 398 g/mol. The van der Waals surface area contributed by atoms with Crippen LogP contribution in [0.4, 0.5) is 0 Å². The van der Waals surface area contributed by atoms with Gasteiger partial charge in [0.25, 0.3) is 21.5 Å². The largest absolute Gasteiger partial charge is 0.318 e. The van der Waals surface area contributed by atoms with Crippen LogP contribution in [0.1, 0.15) is 10.5 Å². The summed E-state index contributed by atoms with van der Waals surface area (Å²) in [6.45, 7) is 0. The van der Waals surface area contributed by atoms with Gasteiger partial charge in [0, 0.05) is 5.02 Å². The van der Waals surface area contributed by atoms with Crippen molar-refractivity contribution in [2.45, 2.75) is 4.90 Å². The Kier molecular flexibility index (Phi) is 4.51. The van der Waals surface area contributed by atoms with E-state index in [1.54, 1.807) is 10.8 Å². The van der Waals surface area contributed by atoms with Crippen molar-refractivity contribution >= 4 is 50.2 Å². The Morgan fingerprint density at radius 2 is 1.80 bits per heavy atom. The molecular formula is C15H9Cl2N3O4S. The van der Waals surface area contributed by atoms with Crippen molar-refractivity contribution in [3.8, 4) is 0 Å². The number of benzene rings is 2. The molecule has 0 radical (unpaired) electrons. The minimum absolute atomic E-state index is 0.110. The van der Waals surface area contributed by atoms with Crippen LogP contribution in [0.25, 0.3) is 11.0 Å². The molecule has 0 aliphatic heterocycles. The summed E-state index contributed by atoms with van der Waals surface area (Å²) in [5.41, 5.74) is -1.15. The van der Waals surface area contributed by atoms with Crippen molar-refractivity contribution in [3.63, 3.8) is 0 Å². The van der Waals surface area contributed by atoms with Gasteiger partial charge in [-0.15, -0.1) is 0 Å². The number of aromatic nitrogens is 2. The predicted molar refractivity (Wildman–Crippen MR) is 93.5 cm³/mol. The van der Waals surface area contributed by atoms with Gasteiger partial charge in [0.2, 0.25) is 0 Å². The summed E-state index contributed by atoms with van der Waals surface area (Å²) >= 11 is 11.8. The molecule has 2 aromatic carbocycles. The van der Waals surface area contributed by atoms with E-state index < -0.39 is 27.2 Å². The van der Waals surface area contributed by atoms with Crippen LogP contribution in [0.3, 0.4) is 0 Å². The number of fused-ring (bicyclic) bond motifs is 1. The lowest BCUT2D eigenvalue weighted by molar-refractivity contribution is 0.0975. The molecule has 0 saturated heterocycles. The molecule has 0 aliphatic rings. The van der Waals surface area contributed by atoms with Gasteiger partial charge in [0.1, 0.15) is 5.52 Å². The lowest BCUT2D eigenvalue weighted by Gasteiger charge is -2.07. The number of sulfonamides is 1. The molecule has 7 nitrogen and oxygen atoms in total. The second-order valence-electron chi connectivity index (χ2n) is 4.95. The molecule has 0 saturated carbocycles. The number of rotatable bonds is 3. The zero-order valence-electron chi connectivity index (χ0n) is 12.3. The number of hydrogen-bond acceptors (Lipinski definition) is 5. The average Bonchev–Trinajstić information content (AvgIpc) is 2.54. The number of nitrogens with one attached hydrogen (secondary N) is 2. The molecule has 1 heterocycles. The van der Waals surface area contributed by atoms with Crippen molar-refractivity contribution < 1.29 is 13.2 Å². The Hall–Kier alpha value is -2.42. The molecule has 3 rings (SSSR count). The van der Waals surface area contributed by atoms with Gasteiger partial charge in [-0.25, -0.2) is 18.1 Å². The van der Waals surface area contributed by atoms with Gasteiger partial charge >= 0.3 is 0 Å². The van der Waals surface area contributed by atoms with E-state index in [-0.39, 0.29) is 26.0 Å². The van der Waals surface area contributed by atoms with Crippen LogP contribution >= 0.6 is 23.2 Å². The summed E-state index contributed by atoms with van der Waals surface area (Å²) in [6, 6.07) is 10.1. The number of H-pyrrole nitrogens is 1. The second-order valence-corrected chi connectivity index (χ2v) is 7.47. The number of amides is 1. The molecule has 1 aromatic heterocycles. The van der Waals surface area contributed by atoms with Gasteiger partial charge in [-0.2, -0.15) is 0 Å². The van der Waals surface area contributed by atoms with E-state index in [1.807, 2.05) is 0 Å². The number of nitrogens with zero attached hydrogens (tertiary/aromatic N) is 1. The number of carbonyl (C=O) groups is 1. The van der Waals surface area contributed by atoms with Gasteiger partial charge in [0.05, 0.1) is 15.4 Å². The Morgan fingerprint density at radius 3 is 2.48 bits per heavy atom. The third kappa shape index (κ3) is 3.51. The van der Waals surface area contributed by atoms with Crippen LogP contribution in [0, 0.1) is 0 Å². The Labute approximate surface area is 151 Å². The lowest BCUT2D eigenvalue weighted by Crippen LogP contribution is -2.35. The van der Waals surface area contributed by atoms with E-state index in [0.29, 0.717) is 0 Å². The third-order valence-corrected chi connectivity index (χ3v) is 5.06. The van der Waals surface area contributed by atoms with Gasteiger partial charge < -0.3 is 4.98 Å². The maximum Gasteiger partial charge on any atom is 0.289 e. The normalized spacial score (nSPS) is 11.4. The Balaban J connectivity index is 2.03. The number of hydrogen-bond donors (Lipinski definition) is 2. The monoisotopic (exact) mass is 397 g/mol. The fraction of sp³-hybridized carbons (Fsp3) is 0. The zero-order valence-corrected chi connectivity index (χ0v) is 14.6. The van der Waals surface area contributed by atoms with E-state index in [0.717, 1.165) is 0 Å². The zero-order chi connectivity index (χ0) is 18.2. The smallest absolute Gasteiger partial charge is 0.289 e. The molecule has 0 unspecified atom stereocenters. The first-order chi connectivity index (χ1) is 11.8. The Morgan fingerprint density at radius 1 is 1.12 bits per heavy atom. The summed E-state index contributed by atoms with van der Waals surface area (Å²) in [5, 5.41) is 0.387. The highest BCUT2D eigenvalue weighted by Crippen LogP contribution is 2.24. The standard InChI is InChI=1S/C15H9Cl2N3O4S/c16-8-6-10(17)12-11(7-8)18-14(21)13(19-12)15(22)20-25(23,24)9-4-2-1-3-5-9/h1-7H,(H,18,21)(H,20,22). The molecule has 3 aromatic rings. The maximum absolute atomic E-state index is 12.2. The van der Waals surface area contributed by atoms with Crippen molar-refractivity contribution in [2.75, 3.05) is 0 Å². The first-order valence-corrected chi connectivity index (χ1v) is 9.03. The molecule has 25 heavy (non-hydrogen) atoms. The van der Waals surface area contributed by atoms with Gasteiger partial charge in [-0.3, -0.25) is 9.59 Å². The van der Waals surface area contributed by atoms with E-state index in [9.17, 15) is 18.0 Å². The molecule has 0 spiro atoms. The first kappa shape index (κ1) is 17.4. The molecular weight excluding hydrogens is 389 g/mol. The highest BCUT2D eigenvalue weighted by Gasteiger charge is 2.22. The summed E-state index contributed by atoms with van der Waals surface area (Å²) < 4.78 is 26.2. The maximum atomic E-state index is 12.2. The quantitative estimate of drug-likeness (QED) is 0.704. The van der Waals surface area contributed by atoms with Gasteiger partial charge in [-0.1, -0.05) is 41.4 Å². The van der Waals surface area contributed by atoms with Gasteiger partial charge in [0.15, 0.2) is 5.69 Å². The molecule has 0 fully saturated rings.